The second-order valence-corrected chi connectivity index (χ2v) is 6.16. The summed E-state index contributed by atoms with van der Waals surface area (Å²) >= 11 is 0. The number of carbonyl (C=O) groups is 1. The largest absolute Gasteiger partial charge is 0.490 e. The Hall–Kier alpha value is -3.47. The van der Waals surface area contributed by atoms with Crippen LogP contribution in [0.5, 0.6) is 5.75 Å². The molecule has 0 saturated heterocycles. The van der Waals surface area contributed by atoms with Crippen molar-refractivity contribution in [3.05, 3.63) is 107 Å². The molecule has 0 atom stereocenters. The number of carboxylic acids is 1. The summed E-state index contributed by atoms with van der Waals surface area (Å²) < 4.78 is 32.2. The first-order valence-corrected chi connectivity index (χ1v) is 8.67. The Morgan fingerprint density at radius 1 is 0.821 bits per heavy atom. The highest BCUT2D eigenvalue weighted by atomic mass is 19.1. The van der Waals surface area contributed by atoms with E-state index in [1.54, 1.807) is 48.5 Å². The Kier molecular flexibility index (Phi) is 6.17. The van der Waals surface area contributed by atoms with E-state index in [4.69, 9.17) is 9.84 Å². The topological polar surface area (TPSA) is 46.5 Å². The molecule has 0 aliphatic carbocycles. The van der Waals surface area contributed by atoms with Gasteiger partial charge in [0.05, 0.1) is 6.42 Å². The van der Waals surface area contributed by atoms with E-state index in [2.05, 4.69) is 0 Å². The lowest BCUT2D eigenvalue weighted by Crippen LogP contribution is -2.00. The SMILES string of the molecule is O=C(O)Cc1ccc(OCC=C(c2ccc(F)cc2)c2ccc(F)cc2)cc1. The van der Waals surface area contributed by atoms with Crippen molar-refractivity contribution >= 4 is 11.5 Å². The lowest BCUT2D eigenvalue weighted by Gasteiger charge is -2.10. The standard InChI is InChI=1S/C23H18F2O3/c24-19-7-3-17(4-8-19)22(18-5-9-20(25)10-6-18)13-14-28-21-11-1-16(2-12-21)15-23(26)27/h1-13H,14-15H2,(H,26,27). The van der Waals surface area contributed by atoms with Crippen LogP contribution in [0.15, 0.2) is 78.9 Å². The summed E-state index contributed by atoms with van der Waals surface area (Å²) in [5, 5.41) is 8.80. The third-order valence-corrected chi connectivity index (χ3v) is 4.13. The molecule has 0 radical (unpaired) electrons. The van der Waals surface area contributed by atoms with E-state index < -0.39 is 5.97 Å². The van der Waals surface area contributed by atoms with Crippen molar-refractivity contribution in [1.82, 2.24) is 0 Å². The van der Waals surface area contributed by atoms with Gasteiger partial charge in [-0.2, -0.15) is 0 Å². The van der Waals surface area contributed by atoms with Gasteiger partial charge in [0.1, 0.15) is 24.0 Å². The van der Waals surface area contributed by atoms with Gasteiger partial charge < -0.3 is 9.84 Å². The predicted molar refractivity (Wildman–Crippen MR) is 103 cm³/mol. The van der Waals surface area contributed by atoms with Crippen LogP contribution in [-0.2, 0) is 11.2 Å². The first kappa shape index (κ1) is 19.3. The summed E-state index contributed by atoms with van der Waals surface area (Å²) in [5.41, 5.74) is 3.05. The minimum Gasteiger partial charge on any atom is -0.490 e. The number of carboxylic acid groups (broad SMARTS) is 1. The number of halogens is 2. The van der Waals surface area contributed by atoms with Crippen molar-refractivity contribution in [3.8, 4) is 5.75 Å². The first-order chi connectivity index (χ1) is 13.5. The van der Waals surface area contributed by atoms with Gasteiger partial charge in [-0.25, -0.2) is 8.78 Å². The lowest BCUT2D eigenvalue weighted by atomic mass is 9.97. The number of aliphatic carboxylic acids is 1. The average Bonchev–Trinajstić information content (AvgIpc) is 2.68. The van der Waals surface area contributed by atoms with E-state index in [1.165, 1.54) is 24.3 Å². The summed E-state index contributed by atoms with van der Waals surface area (Å²) in [5.74, 6) is -0.956. The Morgan fingerprint density at radius 3 is 1.79 bits per heavy atom. The normalized spacial score (nSPS) is 10.4. The molecule has 0 saturated carbocycles. The van der Waals surface area contributed by atoms with Crippen LogP contribution in [0.25, 0.3) is 5.57 Å². The zero-order valence-corrected chi connectivity index (χ0v) is 14.9. The molecule has 0 aromatic heterocycles. The molecule has 3 rings (SSSR count). The van der Waals surface area contributed by atoms with Crippen molar-refractivity contribution < 1.29 is 23.4 Å². The lowest BCUT2D eigenvalue weighted by molar-refractivity contribution is -0.136. The summed E-state index contributed by atoms with van der Waals surface area (Å²) in [7, 11) is 0. The van der Waals surface area contributed by atoms with Crippen molar-refractivity contribution in [1.29, 1.82) is 0 Å². The van der Waals surface area contributed by atoms with Crippen LogP contribution in [0.4, 0.5) is 8.78 Å². The predicted octanol–water partition coefficient (Wildman–Crippen LogP) is 5.10. The fourth-order valence-electron chi connectivity index (χ4n) is 2.76. The zero-order chi connectivity index (χ0) is 19.9. The van der Waals surface area contributed by atoms with Crippen molar-refractivity contribution in [3.63, 3.8) is 0 Å². The third-order valence-electron chi connectivity index (χ3n) is 4.13. The highest BCUT2D eigenvalue weighted by Crippen LogP contribution is 2.24. The van der Waals surface area contributed by atoms with Crippen LogP contribution in [0.3, 0.4) is 0 Å². The Balaban J connectivity index is 1.78. The summed E-state index contributed by atoms with van der Waals surface area (Å²) in [4.78, 5) is 10.7. The third kappa shape index (κ3) is 5.27. The molecule has 0 amide bonds. The highest BCUT2D eigenvalue weighted by Gasteiger charge is 2.06. The molecule has 3 aromatic rings. The van der Waals surface area contributed by atoms with Crippen LogP contribution >= 0.6 is 0 Å². The maximum Gasteiger partial charge on any atom is 0.307 e. The van der Waals surface area contributed by atoms with Crippen molar-refractivity contribution in [2.45, 2.75) is 6.42 Å². The van der Waals surface area contributed by atoms with E-state index in [9.17, 15) is 13.6 Å². The van der Waals surface area contributed by atoms with Gasteiger partial charge in [-0.3, -0.25) is 4.79 Å². The second kappa shape index (κ2) is 8.95. The number of rotatable bonds is 7. The second-order valence-electron chi connectivity index (χ2n) is 6.16. The van der Waals surface area contributed by atoms with Crippen molar-refractivity contribution in [2.75, 3.05) is 6.61 Å². The van der Waals surface area contributed by atoms with Gasteiger partial charge in [0.2, 0.25) is 0 Å². The van der Waals surface area contributed by atoms with Crippen LogP contribution in [-0.4, -0.2) is 17.7 Å². The molecule has 3 aromatic carbocycles. The quantitative estimate of drug-likeness (QED) is 0.620. The molecule has 0 aliphatic rings. The van der Waals surface area contributed by atoms with E-state index >= 15 is 0 Å². The molecule has 1 N–H and O–H groups in total. The van der Waals surface area contributed by atoms with Crippen LogP contribution in [0.1, 0.15) is 16.7 Å². The maximum atomic E-state index is 13.3. The fourth-order valence-corrected chi connectivity index (χ4v) is 2.76. The minimum atomic E-state index is -0.889. The number of hydrogen-bond donors (Lipinski definition) is 1. The summed E-state index contributed by atoms with van der Waals surface area (Å²) in [6.45, 7) is 0.238. The first-order valence-electron chi connectivity index (χ1n) is 8.67. The van der Waals surface area contributed by atoms with E-state index in [0.717, 1.165) is 16.7 Å². The number of ether oxygens (including phenoxy) is 1. The van der Waals surface area contributed by atoms with Crippen LogP contribution in [0, 0.1) is 11.6 Å². The van der Waals surface area contributed by atoms with E-state index in [0.29, 0.717) is 11.3 Å². The molecule has 0 aliphatic heterocycles. The average molecular weight is 380 g/mol. The Labute approximate surface area is 161 Å². The molecule has 5 heteroatoms. The minimum absolute atomic E-state index is 0.0422. The van der Waals surface area contributed by atoms with E-state index in [-0.39, 0.29) is 24.7 Å². The summed E-state index contributed by atoms with van der Waals surface area (Å²) in [6, 6.07) is 18.9. The van der Waals surface area contributed by atoms with Gasteiger partial charge in [0.25, 0.3) is 0 Å². The Morgan fingerprint density at radius 2 is 1.32 bits per heavy atom. The van der Waals surface area contributed by atoms with Crippen molar-refractivity contribution in [2.24, 2.45) is 0 Å². The smallest absolute Gasteiger partial charge is 0.307 e. The molecule has 0 fully saturated rings. The highest BCUT2D eigenvalue weighted by molar-refractivity contribution is 5.79. The molecule has 0 heterocycles. The van der Waals surface area contributed by atoms with Gasteiger partial charge in [-0.15, -0.1) is 0 Å². The van der Waals surface area contributed by atoms with Crippen LogP contribution in [0.2, 0.25) is 0 Å². The molecule has 0 bridgehead atoms. The van der Waals surface area contributed by atoms with Gasteiger partial charge in [-0.05, 0) is 64.7 Å². The number of benzene rings is 3. The van der Waals surface area contributed by atoms with Crippen LogP contribution < -0.4 is 4.74 Å². The molecule has 28 heavy (non-hydrogen) atoms. The maximum absolute atomic E-state index is 13.3. The van der Waals surface area contributed by atoms with Gasteiger partial charge in [0.15, 0.2) is 0 Å². The van der Waals surface area contributed by atoms with Gasteiger partial charge >= 0.3 is 5.97 Å². The molecular weight excluding hydrogens is 362 g/mol. The molecule has 142 valence electrons. The number of hydrogen-bond acceptors (Lipinski definition) is 2. The molecule has 0 spiro atoms. The zero-order valence-electron chi connectivity index (χ0n) is 14.9. The summed E-state index contributed by atoms with van der Waals surface area (Å²) in [6.07, 6.45) is 1.80. The van der Waals surface area contributed by atoms with Gasteiger partial charge in [0, 0.05) is 0 Å². The molecular formula is C23H18F2O3. The Bertz CT molecular complexity index is 913. The fraction of sp³-hybridized carbons (Fsp3) is 0.0870. The molecule has 0 unspecified atom stereocenters. The molecule has 3 nitrogen and oxygen atoms in total. The monoisotopic (exact) mass is 380 g/mol. The van der Waals surface area contributed by atoms with E-state index in [1.807, 2.05) is 6.08 Å². The van der Waals surface area contributed by atoms with Gasteiger partial charge in [-0.1, -0.05) is 36.4 Å².